The number of halogens is 4. The predicted octanol–water partition coefficient (Wildman–Crippen LogP) is 3.50. The summed E-state index contributed by atoms with van der Waals surface area (Å²) in [6.07, 6.45) is -3.04. The molecule has 1 amide bonds. The van der Waals surface area contributed by atoms with Crippen molar-refractivity contribution in [3.8, 4) is 0 Å². The largest absolute Gasteiger partial charge is 0.480 e. The van der Waals surface area contributed by atoms with E-state index in [0.29, 0.717) is 4.90 Å². The van der Waals surface area contributed by atoms with E-state index < -0.39 is 70.4 Å². The number of carbonyl (C=O) groups is 2. The molecular formula is C21H24ClF3N2O5S. The Balaban J connectivity index is 1.59. The number of likely N-dealkylation sites (tertiary alicyclic amines) is 1. The van der Waals surface area contributed by atoms with Gasteiger partial charge in [-0.3, -0.25) is 4.79 Å². The van der Waals surface area contributed by atoms with Crippen LogP contribution in [-0.4, -0.2) is 67.4 Å². The fourth-order valence-electron chi connectivity index (χ4n) is 4.75. The summed E-state index contributed by atoms with van der Waals surface area (Å²) in [5, 5.41) is 8.10. The van der Waals surface area contributed by atoms with Gasteiger partial charge in [0.05, 0.1) is 15.2 Å². The standard InChI is InChI=1S/C21H24ClF3N2O5S/c22-15-10-13(26-8-2-1-3-9-26)4-5-17(15)33(31,32)14-11-16(18(28)29)27(12-14)19(30)20(6-7-20)21(23,24)25/h4-5,10,14,16H,1-3,6-9,11-12H2,(H,28,29)/t14-,16+/m1/s1. The number of rotatable bonds is 5. The van der Waals surface area contributed by atoms with Gasteiger partial charge in [-0.05, 0) is 56.7 Å². The molecule has 2 atom stereocenters. The van der Waals surface area contributed by atoms with Crippen molar-refractivity contribution in [2.75, 3.05) is 24.5 Å². The Hall–Kier alpha value is -2.01. The zero-order valence-corrected chi connectivity index (χ0v) is 19.2. The number of anilines is 1. The number of carboxylic acids is 1. The highest BCUT2D eigenvalue weighted by Gasteiger charge is 2.70. The van der Waals surface area contributed by atoms with Gasteiger partial charge in [0.2, 0.25) is 5.91 Å². The number of carbonyl (C=O) groups excluding carboxylic acids is 1. The van der Waals surface area contributed by atoms with E-state index in [1.54, 1.807) is 6.07 Å². The summed E-state index contributed by atoms with van der Waals surface area (Å²) in [4.78, 5) is 26.9. The molecule has 1 aromatic carbocycles. The molecule has 0 bridgehead atoms. The summed E-state index contributed by atoms with van der Waals surface area (Å²) < 4.78 is 66.9. The summed E-state index contributed by atoms with van der Waals surface area (Å²) in [6, 6.07) is 2.86. The lowest BCUT2D eigenvalue weighted by Gasteiger charge is -2.29. The highest BCUT2D eigenvalue weighted by molar-refractivity contribution is 7.92. The Labute approximate surface area is 194 Å². The van der Waals surface area contributed by atoms with Crippen molar-refractivity contribution in [3.63, 3.8) is 0 Å². The molecule has 1 N–H and O–H groups in total. The maximum Gasteiger partial charge on any atom is 0.403 e. The first-order valence-corrected chi connectivity index (χ1v) is 12.7. The summed E-state index contributed by atoms with van der Waals surface area (Å²) in [7, 11) is -4.20. The van der Waals surface area contributed by atoms with Crippen LogP contribution in [0.1, 0.15) is 38.5 Å². The molecule has 1 aliphatic carbocycles. The summed E-state index contributed by atoms with van der Waals surface area (Å²) in [6.45, 7) is 1.02. The Morgan fingerprint density at radius 1 is 1.12 bits per heavy atom. The third-order valence-electron chi connectivity index (χ3n) is 6.89. The zero-order valence-electron chi connectivity index (χ0n) is 17.6. The Morgan fingerprint density at radius 3 is 2.27 bits per heavy atom. The van der Waals surface area contributed by atoms with Crippen molar-refractivity contribution in [3.05, 3.63) is 23.2 Å². The molecule has 0 radical (unpaired) electrons. The van der Waals surface area contributed by atoms with Crippen LogP contribution in [-0.2, 0) is 19.4 Å². The third-order valence-corrected chi connectivity index (χ3v) is 9.51. The lowest BCUT2D eigenvalue weighted by Crippen LogP contribution is -2.48. The number of hydrogen-bond donors (Lipinski definition) is 1. The molecule has 2 heterocycles. The van der Waals surface area contributed by atoms with Gasteiger partial charge < -0.3 is 14.9 Å². The highest BCUT2D eigenvalue weighted by Crippen LogP contribution is 2.59. The molecule has 1 aromatic rings. The normalized spacial score (nSPS) is 25.2. The van der Waals surface area contributed by atoms with Crippen molar-refractivity contribution in [1.82, 2.24) is 4.90 Å². The molecule has 0 unspecified atom stereocenters. The molecule has 1 saturated carbocycles. The number of sulfone groups is 1. The van der Waals surface area contributed by atoms with E-state index in [-0.39, 0.29) is 9.92 Å². The van der Waals surface area contributed by atoms with Crippen molar-refractivity contribution >= 4 is 39.0 Å². The van der Waals surface area contributed by atoms with Crippen LogP contribution in [0.4, 0.5) is 18.9 Å². The fraction of sp³-hybridized carbons (Fsp3) is 0.619. The minimum atomic E-state index is -4.82. The Morgan fingerprint density at radius 2 is 1.76 bits per heavy atom. The number of carboxylic acid groups (broad SMARTS) is 1. The van der Waals surface area contributed by atoms with E-state index in [0.717, 1.165) is 38.0 Å². The van der Waals surface area contributed by atoms with Gasteiger partial charge in [-0.1, -0.05) is 11.6 Å². The SMILES string of the molecule is O=C(O)[C@@H]1C[C@@H](S(=O)(=O)c2ccc(N3CCCCC3)cc2Cl)CN1C(=O)C1(C(F)(F)F)CC1. The lowest BCUT2D eigenvalue weighted by atomic mass is 10.0. The quantitative estimate of drug-likeness (QED) is 0.654. The third kappa shape index (κ3) is 4.18. The van der Waals surface area contributed by atoms with Gasteiger partial charge in [0.1, 0.15) is 11.5 Å². The van der Waals surface area contributed by atoms with Gasteiger partial charge in [0.15, 0.2) is 9.84 Å². The van der Waals surface area contributed by atoms with E-state index >= 15 is 0 Å². The van der Waals surface area contributed by atoms with Crippen LogP contribution >= 0.6 is 11.6 Å². The molecule has 3 fully saturated rings. The Kier molecular flexibility index (Phi) is 6.09. The van der Waals surface area contributed by atoms with E-state index in [1.807, 2.05) is 0 Å². The number of nitrogens with zero attached hydrogens (tertiary/aromatic N) is 2. The second-order valence-electron chi connectivity index (χ2n) is 8.96. The maximum atomic E-state index is 13.4. The van der Waals surface area contributed by atoms with E-state index in [1.165, 1.54) is 12.1 Å². The molecular weight excluding hydrogens is 485 g/mol. The van der Waals surface area contributed by atoms with E-state index in [9.17, 15) is 36.3 Å². The zero-order chi connectivity index (χ0) is 24.2. The van der Waals surface area contributed by atoms with Crippen LogP contribution in [0, 0.1) is 5.41 Å². The van der Waals surface area contributed by atoms with Gasteiger partial charge in [0, 0.05) is 25.3 Å². The smallest absolute Gasteiger partial charge is 0.403 e. The number of alkyl halides is 3. The van der Waals surface area contributed by atoms with Crippen LogP contribution in [0.25, 0.3) is 0 Å². The van der Waals surface area contributed by atoms with Crippen molar-refractivity contribution in [2.45, 2.75) is 60.9 Å². The molecule has 4 rings (SSSR count). The maximum absolute atomic E-state index is 13.4. The molecule has 0 spiro atoms. The van der Waals surface area contributed by atoms with Crippen LogP contribution < -0.4 is 4.90 Å². The molecule has 3 aliphatic rings. The van der Waals surface area contributed by atoms with Crippen LogP contribution in [0.5, 0.6) is 0 Å². The van der Waals surface area contributed by atoms with Gasteiger partial charge in [-0.2, -0.15) is 13.2 Å². The predicted molar refractivity (Wildman–Crippen MR) is 114 cm³/mol. The summed E-state index contributed by atoms with van der Waals surface area (Å²) in [5.41, 5.74) is -1.85. The van der Waals surface area contributed by atoms with Gasteiger partial charge in [-0.25, -0.2) is 13.2 Å². The fourth-order valence-corrected chi connectivity index (χ4v) is 6.99. The number of amides is 1. The van der Waals surface area contributed by atoms with Crippen molar-refractivity contribution in [1.29, 1.82) is 0 Å². The minimum Gasteiger partial charge on any atom is -0.480 e. The molecule has 182 valence electrons. The lowest BCUT2D eigenvalue weighted by molar-refractivity contribution is -0.199. The summed E-state index contributed by atoms with van der Waals surface area (Å²) in [5.74, 6) is -2.91. The number of benzene rings is 1. The average molecular weight is 509 g/mol. The second-order valence-corrected chi connectivity index (χ2v) is 11.6. The number of aliphatic carboxylic acids is 1. The second kappa shape index (κ2) is 8.33. The molecule has 12 heteroatoms. The number of hydrogen-bond acceptors (Lipinski definition) is 5. The topological polar surface area (TPSA) is 95.0 Å². The molecule has 7 nitrogen and oxygen atoms in total. The first-order valence-electron chi connectivity index (χ1n) is 10.8. The first-order chi connectivity index (χ1) is 15.4. The molecule has 2 saturated heterocycles. The van der Waals surface area contributed by atoms with Gasteiger partial charge in [0.25, 0.3) is 0 Å². The summed E-state index contributed by atoms with van der Waals surface area (Å²) >= 11 is 6.30. The molecule has 33 heavy (non-hydrogen) atoms. The minimum absolute atomic E-state index is 0.0383. The molecule has 2 aliphatic heterocycles. The average Bonchev–Trinajstić information content (AvgIpc) is 3.45. The van der Waals surface area contributed by atoms with Gasteiger partial charge in [-0.15, -0.1) is 0 Å². The van der Waals surface area contributed by atoms with E-state index in [2.05, 4.69) is 4.90 Å². The first kappa shape index (κ1) is 24.1. The molecule has 0 aromatic heterocycles. The van der Waals surface area contributed by atoms with Crippen LogP contribution in [0.15, 0.2) is 23.1 Å². The monoisotopic (exact) mass is 508 g/mol. The van der Waals surface area contributed by atoms with Crippen molar-refractivity contribution < 1.29 is 36.3 Å². The highest BCUT2D eigenvalue weighted by atomic mass is 35.5. The van der Waals surface area contributed by atoms with Crippen molar-refractivity contribution in [2.24, 2.45) is 5.41 Å². The van der Waals surface area contributed by atoms with E-state index in [4.69, 9.17) is 11.6 Å². The van der Waals surface area contributed by atoms with Crippen LogP contribution in [0.3, 0.4) is 0 Å². The Bertz CT molecular complexity index is 1070. The number of piperidine rings is 1. The van der Waals surface area contributed by atoms with Crippen LogP contribution in [0.2, 0.25) is 5.02 Å². The van der Waals surface area contributed by atoms with Gasteiger partial charge >= 0.3 is 12.1 Å².